The van der Waals surface area contributed by atoms with Crippen molar-refractivity contribution in [3.8, 4) is 5.75 Å². The van der Waals surface area contributed by atoms with Gasteiger partial charge in [0.2, 0.25) is 0 Å². The van der Waals surface area contributed by atoms with Crippen LogP contribution in [0.2, 0.25) is 10.0 Å². The second-order valence-electron chi connectivity index (χ2n) is 3.52. The third-order valence-corrected chi connectivity index (χ3v) is 2.66. The lowest BCUT2D eigenvalue weighted by molar-refractivity contribution is 0.415. The molecule has 0 aliphatic carbocycles. The first-order valence-corrected chi connectivity index (χ1v) is 5.80. The van der Waals surface area contributed by atoms with Crippen LogP contribution in [0, 0.1) is 0 Å². The number of halogens is 2. The van der Waals surface area contributed by atoms with E-state index in [1.807, 2.05) is 36.4 Å². The SMILES string of the molecule is COc1cccc(Nc2cc(Cl)cc(Cl)c2)c1. The highest BCUT2D eigenvalue weighted by Crippen LogP contribution is 2.26. The lowest BCUT2D eigenvalue weighted by Gasteiger charge is -2.08. The van der Waals surface area contributed by atoms with E-state index in [9.17, 15) is 0 Å². The van der Waals surface area contributed by atoms with Gasteiger partial charge >= 0.3 is 0 Å². The molecule has 0 spiro atoms. The molecule has 0 aliphatic heterocycles. The van der Waals surface area contributed by atoms with Crippen LogP contribution in [0.3, 0.4) is 0 Å². The Balaban J connectivity index is 2.24. The Morgan fingerprint density at radius 2 is 1.65 bits per heavy atom. The summed E-state index contributed by atoms with van der Waals surface area (Å²) in [4.78, 5) is 0. The van der Waals surface area contributed by atoms with E-state index in [0.29, 0.717) is 10.0 Å². The number of rotatable bonds is 3. The van der Waals surface area contributed by atoms with Crippen molar-refractivity contribution in [2.75, 3.05) is 12.4 Å². The van der Waals surface area contributed by atoms with E-state index in [0.717, 1.165) is 17.1 Å². The lowest BCUT2D eigenvalue weighted by Crippen LogP contribution is -1.91. The van der Waals surface area contributed by atoms with Gasteiger partial charge in [-0.25, -0.2) is 0 Å². The van der Waals surface area contributed by atoms with E-state index in [2.05, 4.69) is 5.32 Å². The van der Waals surface area contributed by atoms with Gasteiger partial charge in [0, 0.05) is 27.5 Å². The molecule has 0 saturated carbocycles. The smallest absolute Gasteiger partial charge is 0.120 e. The fraction of sp³-hybridized carbons (Fsp3) is 0.0769. The zero-order valence-corrected chi connectivity index (χ0v) is 10.7. The summed E-state index contributed by atoms with van der Waals surface area (Å²) in [6.45, 7) is 0. The maximum atomic E-state index is 5.93. The number of anilines is 2. The highest BCUT2D eigenvalue weighted by Gasteiger charge is 2.00. The molecule has 0 radical (unpaired) electrons. The van der Waals surface area contributed by atoms with Crippen LogP contribution in [-0.2, 0) is 0 Å². The zero-order chi connectivity index (χ0) is 12.3. The van der Waals surface area contributed by atoms with Crippen LogP contribution in [0.25, 0.3) is 0 Å². The molecule has 0 aromatic heterocycles. The third kappa shape index (κ3) is 3.29. The lowest BCUT2D eigenvalue weighted by atomic mass is 10.2. The second kappa shape index (κ2) is 5.30. The van der Waals surface area contributed by atoms with E-state index in [1.165, 1.54) is 0 Å². The largest absolute Gasteiger partial charge is 0.497 e. The van der Waals surface area contributed by atoms with E-state index < -0.39 is 0 Å². The number of benzene rings is 2. The normalized spacial score (nSPS) is 10.1. The zero-order valence-electron chi connectivity index (χ0n) is 9.21. The minimum Gasteiger partial charge on any atom is -0.497 e. The summed E-state index contributed by atoms with van der Waals surface area (Å²) in [5.74, 6) is 0.795. The summed E-state index contributed by atoms with van der Waals surface area (Å²) in [5, 5.41) is 4.41. The van der Waals surface area contributed by atoms with Crippen molar-refractivity contribution in [2.45, 2.75) is 0 Å². The standard InChI is InChI=1S/C13H11Cl2NO/c1-17-13-4-2-3-11(8-13)16-12-6-9(14)5-10(15)7-12/h2-8,16H,1H3. The van der Waals surface area contributed by atoms with Gasteiger partial charge in [-0.2, -0.15) is 0 Å². The van der Waals surface area contributed by atoms with Crippen LogP contribution >= 0.6 is 23.2 Å². The average Bonchev–Trinajstić information content (AvgIpc) is 2.28. The summed E-state index contributed by atoms with van der Waals surface area (Å²) in [6, 6.07) is 13.0. The molecule has 0 heterocycles. The van der Waals surface area contributed by atoms with Gasteiger partial charge in [-0.3, -0.25) is 0 Å². The predicted octanol–water partition coefficient (Wildman–Crippen LogP) is 4.75. The summed E-state index contributed by atoms with van der Waals surface area (Å²) in [7, 11) is 1.63. The summed E-state index contributed by atoms with van der Waals surface area (Å²) in [6.07, 6.45) is 0. The van der Waals surface area contributed by atoms with Gasteiger partial charge in [0.25, 0.3) is 0 Å². The Kier molecular flexibility index (Phi) is 3.77. The Labute approximate surface area is 110 Å². The molecule has 0 amide bonds. The molecule has 0 aliphatic rings. The molecule has 2 rings (SSSR count). The first-order chi connectivity index (χ1) is 8.17. The first-order valence-electron chi connectivity index (χ1n) is 5.04. The minimum absolute atomic E-state index is 0.600. The maximum absolute atomic E-state index is 5.93. The van der Waals surface area contributed by atoms with Crippen molar-refractivity contribution in [1.82, 2.24) is 0 Å². The van der Waals surface area contributed by atoms with Gasteiger partial charge in [-0.1, -0.05) is 29.3 Å². The van der Waals surface area contributed by atoms with Gasteiger partial charge in [0.05, 0.1) is 7.11 Å². The first kappa shape index (κ1) is 12.1. The van der Waals surface area contributed by atoms with Crippen molar-refractivity contribution in [3.63, 3.8) is 0 Å². The Bertz CT molecular complexity index is 508. The van der Waals surface area contributed by atoms with Gasteiger partial charge < -0.3 is 10.1 Å². The van der Waals surface area contributed by atoms with Crippen molar-refractivity contribution >= 4 is 34.6 Å². The highest BCUT2D eigenvalue weighted by molar-refractivity contribution is 6.35. The van der Waals surface area contributed by atoms with Gasteiger partial charge in [0.15, 0.2) is 0 Å². The van der Waals surface area contributed by atoms with Crippen LogP contribution in [0.4, 0.5) is 11.4 Å². The van der Waals surface area contributed by atoms with E-state index in [4.69, 9.17) is 27.9 Å². The predicted molar refractivity (Wildman–Crippen MR) is 72.7 cm³/mol. The van der Waals surface area contributed by atoms with Crippen molar-refractivity contribution in [3.05, 3.63) is 52.5 Å². The topological polar surface area (TPSA) is 21.3 Å². The molecule has 17 heavy (non-hydrogen) atoms. The van der Waals surface area contributed by atoms with E-state index in [-0.39, 0.29) is 0 Å². The van der Waals surface area contributed by atoms with Gasteiger partial charge in [0.1, 0.15) is 5.75 Å². The monoisotopic (exact) mass is 267 g/mol. The molecule has 2 nitrogen and oxygen atoms in total. The van der Waals surface area contributed by atoms with Gasteiger partial charge in [-0.15, -0.1) is 0 Å². The Hall–Kier alpha value is -1.38. The molecule has 88 valence electrons. The Morgan fingerprint density at radius 3 is 2.29 bits per heavy atom. The summed E-state index contributed by atoms with van der Waals surface area (Å²) in [5.41, 5.74) is 1.76. The van der Waals surface area contributed by atoms with Crippen LogP contribution in [-0.4, -0.2) is 7.11 Å². The van der Waals surface area contributed by atoms with Gasteiger partial charge in [-0.05, 0) is 30.3 Å². The molecule has 4 heteroatoms. The summed E-state index contributed by atoms with van der Waals surface area (Å²) < 4.78 is 5.15. The van der Waals surface area contributed by atoms with Crippen molar-refractivity contribution in [2.24, 2.45) is 0 Å². The number of methoxy groups -OCH3 is 1. The molecular weight excluding hydrogens is 257 g/mol. The molecule has 1 N–H and O–H groups in total. The van der Waals surface area contributed by atoms with Crippen molar-refractivity contribution in [1.29, 1.82) is 0 Å². The second-order valence-corrected chi connectivity index (χ2v) is 4.39. The fourth-order valence-electron chi connectivity index (χ4n) is 1.49. The highest BCUT2D eigenvalue weighted by atomic mass is 35.5. The van der Waals surface area contributed by atoms with E-state index in [1.54, 1.807) is 13.2 Å². The van der Waals surface area contributed by atoms with Crippen molar-refractivity contribution < 1.29 is 4.74 Å². The summed E-state index contributed by atoms with van der Waals surface area (Å²) >= 11 is 11.9. The number of hydrogen-bond donors (Lipinski definition) is 1. The third-order valence-electron chi connectivity index (χ3n) is 2.22. The molecular formula is C13H11Cl2NO. The van der Waals surface area contributed by atoms with Crippen LogP contribution in [0.5, 0.6) is 5.75 Å². The average molecular weight is 268 g/mol. The quantitative estimate of drug-likeness (QED) is 0.867. The van der Waals surface area contributed by atoms with Crippen LogP contribution < -0.4 is 10.1 Å². The fourth-order valence-corrected chi connectivity index (χ4v) is 2.02. The minimum atomic E-state index is 0.600. The molecule has 0 bridgehead atoms. The van der Waals surface area contributed by atoms with Crippen LogP contribution in [0.15, 0.2) is 42.5 Å². The maximum Gasteiger partial charge on any atom is 0.120 e. The van der Waals surface area contributed by atoms with Crippen LogP contribution in [0.1, 0.15) is 0 Å². The number of ether oxygens (including phenoxy) is 1. The molecule has 2 aromatic carbocycles. The molecule has 0 fully saturated rings. The molecule has 0 saturated heterocycles. The number of hydrogen-bond acceptors (Lipinski definition) is 2. The molecule has 2 aromatic rings. The molecule has 0 atom stereocenters. The molecule has 0 unspecified atom stereocenters. The Morgan fingerprint density at radius 1 is 0.941 bits per heavy atom. The van der Waals surface area contributed by atoms with E-state index >= 15 is 0 Å². The number of nitrogens with one attached hydrogen (secondary N) is 1.